The molecule has 0 spiro atoms. The third-order valence-corrected chi connectivity index (χ3v) is 3.84. The van der Waals surface area contributed by atoms with Gasteiger partial charge in [-0.25, -0.2) is 0 Å². The predicted octanol–water partition coefficient (Wildman–Crippen LogP) is 5.01. The topological polar surface area (TPSA) is 0 Å². The van der Waals surface area contributed by atoms with E-state index in [1.54, 1.807) is 16.7 Å². The summed E-state index contributed by atoms with van der Waals surface area (Å²) < 4.78 is 0. The number of hydrogen-bond donors (Lipinski definition) is 0. The van der Waals surface area contributed by atoms with Crippen molar-refractivity contribution in [2.24, 2.45) is 5.41 Å². The molecule has 0 aromatic heterocycles. The first kappa shape index (κ1) is 11.0. The average molecular weight is 204 g/mol. The van der Waals surface area contributed by atoms with Gasteiger partial charge >= 0.3 is 0 Å². The van der Waals surface area contributed by atoms with E-state index in [1.165, 1.54) is 44.9 Å². The molecule has 0 fully saturated rings. The van der Waals surface area contributed by atoms with Gasteiger partial charge in [-0.05, 0) is 43.1 Å². The molecule has 2 rings (SSSR count). The maximum Gasteiger partial charge on any atom is -0.00941 e. The normalized spacial score (nSPS) is 23.3. The molecule has 2 aliphatic carbocycles. The van der Waals surface area contributed by atoms with Crippen molar-refractivity contribution in [1.82, 2.24) is 0 Å². The molecule has 0 amide bonds. The fourth-order valence-electron chi connectivity index (χ4n) is 2.69. The fraction of sp³-hybridized carbons (Fsp3) is 0.733. The predicted molar refractivity (Wildman–Crippen MR) is 66.9 cm³/mol. The van der Waals surface area contributed by atoms with Crippen LogP contribution in [0.2, 0.25) is 0 Å². The lowest BCUT2D eigenvalue weighted by Gasteiger charge is -2.21. The summed E-state index contributed by atoms with van der Waals surface area (Å²) in [5, 5.41) is 0. The number of rotatable bonds is 0. The van der Waals surface area contributed by atoms with Crippen molar-refractivity contribution in [3.63, 3.8) is 0 Å². The van der Waals surface area contributed by atoms with Crippen molar-refractivity contribution in [3.05, 3.63) is 22.8 Å². The molecule has 84 valence electrons. The summed E-state index contributed by atoms with van der Waals surface area (Å²) in [6.07, 6.45) is 12.2. The van der Waals surface area contributed by atoms with Crippen molar-refractivity contribution in [1.29, 1.82) is 0 Å². The van der Waals surface area contributed by atoms with Gasteiger partial charge in [-0.2, -0.15) is 0 Å². The standard InChI is InChI=1S/C15H24/c1-15(2,3)14-10-12-8-6-4-5-7-9-13(12)11-14/h10H,4-9,11H2,1-3H3. The molecule has 0 bridgehead atoms. The fourth-order valence-corrected chi connectivity index (χ4v) is 2.69. The maximum absolute atomic E-state index is 2.51. The monoisotopic (exact) mass is 204 g/mol. The molecule has 0 atom stereocenters. The summed E-state index contributed by atoms with van der Waals surface area (Å²) >= 11 is 0. The van der Waals surface area contributed by atoms with Crippen LogP contribution in [0.25, 0.3) is 0 Å². The number of hydrogen-bond acceptors (Lipinski definition) is 0. The smallest absolute Gasteiger partial charge is 0.00941 e. The minimum atomic E-state index is 0.376. The van der Waals surface area contributed by atoms with Gasteiger partial charge in [0.15, 0.2) is 0 Å². The summed E-state index contributed by atoms with van der Waals surface area (Å²) in [6, 6.07) is 0. The van der Waals surface area contributed by atoms with Crippen LogP contribution in [0.15, 0.2) is 22.8 Å². The lowest BCUT2D eigenvalue weighted by Crippen LogP contribution is -2.07. The summed E-state index contributed by atoms with van der Waals surface area (Å²) in [4.78, 5) is 0. The first-order chi connectivity index (χ1) is 7.07. The molecule has 0 nitrogen and oxygen atoms in total. The molecule has 2 aliphatic rings. The van der Waals surface area contributed by atoms with Gasteiger partial charge in [0.2, 0.25) is 0 Å². The van der Waals surface area contributed by atoms with E-state index < -0.39 is 0 Å². The number of allylic oxidation sites excluding steroid dienone is 4. The second-order valence-electron chi connectivity index (χ2n) is 6.14. The molecule has 0 aromatic rings. The highest BCUT2D eigenvalue weighted by atomic mass is 14.3. The van der Waals surface area contributed by atoms with Gasteiger partial charge < -0.3 is 0 Å². The molecule has 0 aliphatic heterocycles. The second kappa shape index (κ2) is 4.15. The average Bonchev–Trinajstić information content (AvgIpc) is 2.46. The minimum Gasteiger partial charge on any atom is -0.0629 e. The molecule has 0 aromatic carbocycles. The van der Waals surface area contributed by atoms with Gasteiger partial charge in [0, 0.05) is 0 Å². The maximum atomic E-state index is 2.51. The Hall–Kier alpha value is -0.520. The highest BCUT2D eigenvalue weighted by Gasteiger charge is 2.24. The summed E-state index contributed by atoms with van der Waals surface area (Å²) in [5.41, 5.74) is 5.50. The van der Waals surface area contributed by atoms with Crippen LogP contribution in [-0.2, 0) is 0 Å². The molecule has 0 heterocycles. The van der Waals surface area contributed by atoms with Crippen molar-refractivity contribution >= 4 is 0 Å². The third-order valence-electron chi connectivity index (χ3n) is 3.84. The Bertz CT molecular complexity index is 296. The Morgan fingerprint density at radius 1 is 0.933 bits per heavy atom. The van der Waals surface area contributed by atoms with Crippen molar-refractivity contribution in [3.8, 4) is 0 Å². The van der Waals surface area contributed by atoms with Crippen LogP contribution >= 0.6 is 0 Å². The van der Waals surface area contributed by atoms with Crippen molar-refractivity contribution in [2.75, 3.05) is 0 Å². The Morgan fingerprint density at radius 3 is 2.27 bits per heavy atom. The minimum absolute atomic E-state index is 0.376. The largest absolute Gasteiger partial charge is 0.0629 e. The van der Waals surface area contributed by atoms with Crippen LogP contribution in [0.3, 0.4) is 0 Å². The molecule has 0 heteroatoms. The third kappa shape index (κ3) is 2.53. The van der Waals surface area contributed by atoms with E-state index in [2.05, 4.69) is 26.8 Å². The molecule has 0 saturated carbocycles. The van der Waals surface area contributed by atoms with Crippen LogP contribution < -0.4 is 0 Å². The Labute approximate surface area is 94.5 Å². The zero-order valence-electron chi connectivity index (χ0n) is 10.5. The highest BCUT2D eigenvalue weighted by Crippen LogP contribution is 2.41. The lowest BCUT2D eigenvalue weighted by molar-refractivity contribution is 0.492. The van der Waals surface area contributed by atoms with Crippen LogP contribution in [0.4, 0.5) is 0 Å². The van der Waals surface area contributed by atoms with Gasteiger partial charge in [0.05, 0.1) is 0 Å². The Balaban J connectivity index is 2.13. The van der Waals surface area contributed by atoms with Crippen molar-refractivity contribution in [2.45, 2.75) is 65.7 Å². The van der Waals surface area contributed by atoms with Gasteiger partial charge in [-0.1, -0.05) is 50.8 Å². The molecular weight excluding hydrogens is 180 g/mol. The van der Waals surface area contributed by atoms with Crippen LogP contribution in [0, 0.1) is 5.41 Å². The second-order valence-corrected chi connectivity index (χ2v) is 6.14. The Kier molecular flexibility index (Phi) is 3.04. The first-order valence-corrected chi connectivity index (χ1v) is 6.49. The van der Waals surface area contributed by atoms with E-state index in [0.29, 0.717) is 5.41 Å². The Morgan fingerprint density at radius 2 is 1.60 bits per heavy atom. The van der Waals surface area contributed by atoms with E-state index in [-0.39, 0.29) is 0 Å². The van der Waals surface area contributed by atoms with Crippen LogP contribution in [0.5, 0.6) is 0 Å². The molecular formula is C15H24. The van der Waals surface area contributed by atoms with Gasteiger partial charge in [-0.3, -0.25) is 0 Å². The lowest BCUT2D eigenvalue weighted by atomic mass is 9.84. The zero-order valence-corrected chi connectivity index (χ0v) is 10.5. The summed E-state index contributed by atoms with van der Waals surface area (Å²) in [5.74, 6) is 0. The summed E-state index contributed by atoms with van der Waals surface area (Å²) in [7, 11) is 0. The zero-order chi connectivity index (χ0) is 10.9. The van der Waals surface area contributed by atoms with Gasteiger partial charge in [0.1, 0.15) is 0 Å². The molecule has 0 saturated heterocycles. The quantitative estimate of drug-likeness (QED) is 0.520. The van der Waals surface area contributed by atoms with E-state index in [0.717, 1.165) is 0 Å². The molecule has 0 radical (unpaired) electrons. The SMILES string of the molecule is CC(C)(C)C1=CC2=C(CCCCCC2)C1. The molecule has 0 unspecified atom stereocenters. The molecule has 0 N–H and O–H groups in total. The first-order valence-electron chi connectivity index (χ1n) is 6.49. The van der Waals surface area contributed by atoms with E-state index in [1.807, 2.05) is 0 Å². The van der Waals surface area contributed by atoms with Crippen molar-refractivity contribution < 1.29 is 0 Å². The van der Waals surface area contributed by atoms with E-state index in [4.69, 9.17) is 0 Å². The highest BCUT2D eigenvalue weighted by molar-refractivity contribution is 5.41. The van der Waals surface area contributed by atoms with E-state index >= 15 is 0 Å². The summed E-state index contributed by atoms with van der Waals surface area (Å²) in [6.45, 7) is 7.04. The van der Waals surface area contributed by atoms with Crippen LogP contribution in [-0.4, -0.2) is 0 Å². The van der Waals surface area contributed by atoms with E-state index in [9.17, 15) is 0 Å². The van der Waals surface area contributed by atoms with Crippen LogP contribution in [0.1, 0.15) is 65.7 Å². The van der Waals surface area contributed by atoms with Gasteiger partial charge in [-0.15, -0.1) is 0 Å². The molecule has 15 heavy (non-hydrogen) atoms. The van der Waals surface area contributed by atoms with Gasteiger partial charge in [0.25, 0.3) is 0 Å².